The van der Waals surface area contributed by atoms with E-state index in [4.69, 9.17) is 5.11 Å². The van der Waals surface area contributed by atoms with E-state index in [0.29, 0.717) is 6.07 Å². The van der Waals surface area contributed by atoms with Crippen LogP contribution in [0.15, 0.2) is 6.07 Å². The zero-order chi connectivity index (χ0) is 13.9. The number of nitrogens with zero attached hydrogens (tertiary/aromatic N) is 1. The van der Waals surface area contributed by atoms with Crippen molar-refractivity contribution in [2.45, 2.75) is 13.0 Å². The van der Waals surface area contributed by atoms with Gasteiger partial charge >= 0.3 is 12.3 Å². The number of carbonyl (C=O) groups is 1. The SMILES string of the molecule is COc1nc(C(=O)O)c(OC(F)(F)F)cc1CF. The zero-order valence-electron chi connectivity index (χ0n) is 8.92. The summed E-state index contributed by atoms with van der Waals surface area (Å²) in [7, 11) is 1.08. The third-order valence-corrected chi connectivity index (χ3v) is 1.79. The maximum absolute atomic E-state index is 12.5. The standard InChI is InChI=1S/C9H7F4NO4/c1-17-7-4(3-10)2-5(18-9(11,12)13)6(14-7)8(15)16/h2H,3H2,1H3,(H,15,16). The van der Waals surface area contributed by atoms with Gasteiger partial charge in [0, 0.05) is 5.56 Å². The van der Waals surface area contributed by atoms with Crippen LogP contribution in [0.1, 0.15) is 16.1 Å². The molecule has 100 valence electrons. The molecule has 18 heavy (non-hydrogen) atoms. The van der Waals surface area contributed by atoms with E-state index in [2.05, 4.69) is 14.5 Å². The van der Waals surface area contributed by atoms with Crippen molar-refractivity contribution in [3.05, 3.63) is 17.3 Å². The molecule has 0 radical (unpaired) electrons. The number of hydrogen-bond acceptors (Lipinski definition) is 4. The van der Waals surface area contributed by atoms with E-state index in [1.165, 1.54) is 0 Å². The Morgan fingerprint density at radius 1 is 1.50 bits per heavy atom. The molecule has 1 N–H and O–H groups in total. The predicted molar refractivity (Wildman–Crippen MR) is 49.2 cm³/mol. The summed E-state index contributed by atoms with van der Waals surface area (Å²) in [6.07, 6.45) is -5.10. The summed E-state index contributed by atoms with van der Waals surface area (Å²) >= 11 is 0. The molecule has 0 aliphatic heterocycles. The first-order valence-corrected chi connectivity index (χ1v) is 4.41. The van der Waals surface area contributed by atoms with Gasteiger partial charge in [-0.1, -0.05) is 0 Å². The fraction of sp³-hybridized carbons (Fsp3) is 0.333. The van der Waals surface area contributed by atoms with Gasteiger partial charge in [0.15, 0.2) is 11.4 Å². The van der Waals surface area contributed by atoms with Crippen LogP contribution in [-0.4, -0.2) is 29.5 Å². The van der Waals surface area contributed by atoms with Crippen LogP contribution < -0.4 is 9.47 Å². The Morgan fingerprint density at radius 3 is 2.50 bits per heavy atom. The first kappa shape index (κ1) is 14.0. The van der Waals surface area contributed by atoms with E-state index in [1.54, 1.807) is 0 Å². The third-order valence-electron chi connectivity index (χ3n) is 1.79. The van der Waals surface area contributed by atoms with Crippen LogP contribution in [0, 0.1) is 0 Å². The molecule has 0 aliphatic rings. The molecule has 1 heterocycles. The summed E-state index contributed by atoms with van der Waals surface area (Å²) in [6.45, 7) is -1.18. The molecule has 0 saturated heterocycles. The van der Waals surface area contributed by atoms with Crippen LogP contribution >= 0.6 is 0 Å². The van der Waals surface area contributed by atoms with E-state index < -0.39 is 36.3 Å². The van der Waals surface area contributed by atoms with Crippen molar-refractivity contribution in [2.24, 2.45) is 0 Å². The average molecular weight is 269 g/mol. The molecule has 1 aromatic heterocycles. The lowest BCUT2D eigenvalue weighted by atomic mass is 10.2. The largest absolute Gasteiger partial charge is 0.573 e. The number of carboxylic acids is 1. The number of rotatable bonds is 4. The van der Waals surface area contributed by atoms with Crippen LogP contribution in [0.2, 0.25) is 0 Å². The first-order chi connectivity index (χ1) is 8.28. The molecule has 0 unspecified atom stereocenters. The number of alkyl halides is 4. The Kier molecular flexibility index (Phi) is 3.94. The Balaban J connectivity index is 3.33. The van der Waals surface area contributed by atoms with Gasteiger partial charge in [0.2, 0.25) is 5.88 Å². The van der Waals surface area contributed by atoms with Gasteiger partial charge in [0.05, 0.1) is 7.11 Å². The van der Waals surface area contributed by atoms with Crippen LogP contribution in [0.25, 0.3) is 0 Å². The van der Waals surface area contributed by atoms with E-state index in [0.717, 1.165) is 7.11 Å². The monoisotopic (exact) mass is 269 g/mol. The highest BCUT2D eigenvalue weighted by Crippen LogP contribution is 2.30. The van der Waals surface area contributed by atoms with Crippen LogP contribution in [0.3, 0.4) is 0 Å². The molecule has 0 bridgehead atoms. The molecule has 0 aromatic carbocycles. The number of methoxy groups -OCH3 is 1. The smallest absolute Gasteiger partial charge is 0.481 e. The molecule has 0 spiro atoms. The number of aromatic carboxylic acids is 1. The second kappa shape index (κ2) is 5.07. The number of carboxylic acid groups (broad SMARTS) is 1. The fourth-order valence-corrected chi connectivity index (χ4v) is 1.14. The number of hydrogen-bond donors (Lipinski definition) is 1. The van der Waals surface area contributed by atoms with Gasteiger partial charge in [-0.15, -0.1) is 13.2 Å². The lowest BCUT2D eigenvalue weighted by molar-refractivity contribution is -0.274. The minimum atomic E-state index is -5.10. The Morgan fingerprint density at radius 2 is 2.11 bits per heavy atom. The van der Waals surface area contributed by atoms with Crippen molar-refractivity contribution >= 4 is 5.97 Å². The maximum Gasteiger partial charge on any atom is 0.573 e. The molecule has 0 aliphatic carbocycles. The molecular formula is C9H7F4NO4. The molecule has 0 saturated carbocycles. The van der Waals surface area contributed by atoms with Crippen molar-refractivity contribution in [1.82, 2.24) is 4.98 Å². The molecule has 0 atom stereocenters. The van der Waals surface area contributed by atoms with Gasteiger partial charge in [0.25, 0.3) is 0 Å². The lowest BCUT2D eigenvalue weighted by Gasteiger charge is -2.13. The average Bonchev–Trinajstić information content (AvgIpc) is 2.25. The fourth-order valence-electron chi connectivity index (χ4n) is 1.14. The quantitative estimate of drug-likeness (QED) is 0.848. The Hall–Kier alpha value is -2.06. The molecule has 5 nitrogen and oxygen atoms in total. The number of halogens is 4. The number of aromatic nitrogens is 1. The molecule has 0 amide bonds. The zero-order valence-corrected chi connectivity index (χ0v) is 8.92. The van der Waals surface area contributed by atoms with Gasteiger partial charge in [-0.25, -0.2) is 14.2 Å². The van der Waals surface area contributed by atoms with Crippen molar-refractivity contribution in [3.8, 4) is 11.6 Å². The topological polar surface area (TPSA) is 68.7 Å². The van der Waals surface area contributed by atoms with Gasteiger partial charge in [-0.2, -0.15) is 0 Å². The molecule has 9 heteroatoms. The van der Waals surface area contributed by atoms with E-state index >= 15 is 0 Å². The van der Waals surface area contributed by atoms with Crippen LogP contribution in [-0.2, 0) is 6.67 Å². The second-order valence-electron chi connectivity index (χ2n) is 2.99. The molecule has 1 aromatic rings. The van der Waals surface area contributed by atoms with Gasteiger partial charge in [-0.3, -0.25) is 0 Å². The van der Waals surface area contributed by atoms with Gasteiger partial charge < -0.3 is 14.6 Å². The highest BCUT2D eigenvalue weighted by Gasteiger charge is 2.34. The first-order valence-electron chi connectivity index (χ1n) is 4.41. The van der Waals surface area contributed by atoms with Crippen molar-refractivity contribution < 1.29 is 36.9 Å². The highest BCUT2D eigenvalue weighted by atomic mass is 19.4. The van der Waals surface area contributed by atoms with Crippen LogP contribution in [0.5, 0.6) is 11.6 Å². The highest BCUT2D eigenvalue weighted by molar-refractivity contribution is 5.89. The van der Waals surface area contributed by atoms with E-state index in [1.807, 2.05) is 0 Å². The Bertz CT molecular complexity index is 461. The molecular weight excluding hydrogens is 262 g/mol. The summed E-state index contributed by atoms with van der Waals surface area (Å²) in [5.74, 6) is -3.26. The van der Waals surface area contributed by atoms with Crippen molar-refractivity contribution in [3.63, 3.8) is 0 Å². The normalized spacial score (nSPS) is 11.2. The van der Waals surface area contributed by atoms with E-state index in [-0.39, 0.29) is 5.56 Å². The summed E-state index contributed by atoms with van der Waals surface area (Å²) in [6, 6.07) is 0.586. The Labute approximate surface area is 98.0 Å². The summed E-state index contributed by atoms with van der Waals surface area (Å²) in [5.41, 5.74) is -1.36. The third kappa shape index (κ3) is 3.22. The molecule has 0 fully saturated rings. The summed E-state index contributed by atoms with van der Waals surface area (Å²) < 4.78 is 56.7. The summed E-state index contributed by atoms with van der Waals surface area (Å²) in [4.78, 5) is 14.0. The van der Waals surface area contributed by atoms with Crippen molar-refractivity contribution in [2.75, 3.05) is 7.11 Å². The minimum absolute atomic E-state index is 0.346. The predicted octanol–water partition coefficient (Wildman–Crippen LogP) is 2.16. The van der Waals surface area contributed by atoms with Crippen molar-refractivity contribution in [1.29, 1.82) is 0 Å². The van der Waals surface area contributed by atoms with Gasteiger partial charge in [0.1, 0.15) is 6.67 Å². The van der Waals surface area contributed by atoms with Gasteiger partial charge in [-0.05, 0) is 6.07 Å². The van der Waals surface area contributed by atoms with E-state index in [9.17, 15) is 22.4 Å². The maximum atomic E-state index is 12.5. The van der Waals surface area contributed by atoms with Crippen LogP contribution in [0.4, 0.5) is 17.6 Å². The minimum Gasteiger partial charge on any atom is -0.481 e. The second-order valence-corrected chi connectivity index (χ2v) is 2.99. The number of pyridine rings is 1. The summed E-state index contributed by atoms with van der Waals surface area (Å²) in [5, 5.41) is 8.69. The lowest BCUT2D eigenvalue weighted by Crippen LogP contribution is -2.20. The molecule has 1 rings (SSSR count). The number of ether oxygens (including phenoxy) is 2.